The van der Waals surface area contributed by atoms with Crippen LogP contribution in [0.4, 0.5) is 10.2 Å². The molecule has 0 saturated heterocycles. The highest BCUT2D eigenvalue weighted by Crippen LogP contribution is 2.31. The van der Waals surface area contributed by atoms with Gasteiger partial charge in [0.25, 0.3) is 0 Å². The Bertz CT molecular complexity index is 1300. The maximum absolute atomic E-state index is 14.6. The summed E-state index contributed by atoms with van der Waals surface area (Å²) >= 11 is 0. The number of anilines is 1. The van der Waals surface area contributed by atoms with Gasteiger partial charge in [0.1, 0.15) is 41.2 Å². The van der Waals surface area contributed by atoms with Gasteiger partial charge in [-0.1, -0.05) is 12.1 Å². The smallest absolute Gasteiger partial charge is 0.147 e. The molecule has 0 amide bonds. The minimum absolute atomic E-state index is 0.346. The summed E-state index contributed by atoms with van der Waals surface area (Å²) in [6, 6.07) is 16.2. The van der Waals surface area contributed by atoms with Crippen LogP contribution in [-0.4, -0.2) is 34.8 Å². The van der Waals surface area contributed by atoms with Gasteiger partial charge in [0.05, 0.1) is 24.9 Å². The number of hydrogen-bond donors (Lipinski definition) is 1. The summed E-state index contributed by atoms with van der Waals surface area (Å²) in [5.74, 6) is 1.53. The van der Waals surface area contributed by atoms with Crippen molar-refractivity contribution in [1.82, 2.24) is 14.5 Å². The van der Waals surface area contributed by atoms with Crippen LogP contribution in [0, 0.1) is 17.1 Å². The van der Waals surface area contributed by atoms with E-state index in [1.54, 1.807) is 16.7 Å². The number of aromatic nitrogens is 3. The van der Waals surface area contributed by atoms with Crippen LogP contribution >= 0.6 is 0 Å². The molecule has 0 atom stereocenters. The van der Waals surface area contributed by atoms with Crippen LogP contribution in [0.5, 0.6) is 11.5 Å². The molecule has 1 N–H and O–H groups in total. The highest BCUT2D eigenvalue weighted by molar-refractivity contribution is 5.88. The van der Waals surface area contributed by atoms with Crippen molar-refractivity contribution >= 4 is 16.7 Å². The summed E-state index contributed by atoms with van der Waals surface area (Å²) in [5.41, 5.74) is 2.38. The van der Waals surface area contributed by atoms with E-state index >= 15 is 0 Å². The van der Waals surface area contributed by atoms with Crippen molar-refractivity contribution in [3.05, 3.63) is 66.4 Å². The lowest BCUT2D eigenvalue weighted by molar-refractivity contribution is 0.340. The normalized spacial score (nSPS) is 10.7. The standard InChI is InChI=1S/C24H22FN5O2/c1-3-32-18-6-4-5-16(11-18)21-13-23(29-15-28-21)27-9-10-30-17(14-26)12-19-22(31-2)8-7-20(25)24(19)30/h4-8,11-13,15H,3,9-10H2,1-2H3,(H,27,28,29). The van der Waals surface area contributed by atoms with Gasteiger partial charge in [-0.3, -0.25) is 0 Å². The maximum atomic E-state index is 14.6. The molecule has 4 aromatic rings. The maximum Gasteiger partial charge on any atom is 0.147 e. The van der Waals surface area contributed by atoms with Crippen LogP contribution < -0.4 is 14.8 Å². The third-order valence-electron chi connectivity index (χ3n) is 5.05. The van der Waals surface area contributed by atoms with E-state index in [1.807, 2.05) is 37.3 Å². The van der Waals surface area contributed by atoms with Crippen LogP contribution in [0.2, 0.25) is 0 Å². The molecule has 0 saturated carbocycles. The number of hydrogen-bond acceptors (Lipinski definition) is 6. The first-order chi connectivity index (χ1) is 15.6. The van der Waals surface area contributed by atoms with Gasteiger partial charge in [-0.25, -0.2) is 14.4 Å². The Morgan fingerprint density at radius 2 is 2.03 bits per heavy atom. The summed E-state index contributed by atoms with van der Waals surface area (Å²) in [5, 5.41) is 13.3. The first kappa shape index (κ1) is 21.1. The van der Waals surface area contributed by atoms with Gasteiger partial charge in [0.2, 0.25) is 0 Å². The van der Waals surface area contributed by atoms with E-state index in [4.69, 9.17) is 9.47 Å². The van der Waals surface area contributed by atoms with Gasteiger partial charge >= 0.3 is 0 Å². The summed E-state index contributed by atoms with van der Waals surface area (Å²) in [6.45, 7) is 3.33. The fourth-order valence-electron chi connectivity index (χ4n) is 3.63. The van der Waals surface area contributed by atoms with Gasteiger partial charge in [0.15, 0.2) is 0 Å². The Labute approximate surface area is 185 Å². The monoisotopic (exact) mass is 431 g/mol. The minimum Gasteiger partial charge on any atom is -0.496 e. The molecule has 32 heavy (non-hydrogen) atoms. The summed E-state index contributed by atoms with van der Waals surface area (Å²) in [4.78, 5) is 8.62. The Kier molecular flexibility index (Phi) is 6.17. The second-order valence-electron chi connectivity index (χ2n) is 6.98. The van der Waals surface area contributed by atoms with Crippen LogP contribution in [0.25, 0.3) is 22.2 Å². The van der Waals surface area contributed by atoms with Gasteiger partial charge in [-0.15, -0.1) is 0 Å². The van der Waals surface area contributed by atoms with Gasteiger partial charge in [-0.2, -0.15) is 5.26 Å². The SMILES string of the molecule is CCOc1cccc(-c2cc(NCCn3c(C#N)cc4c(OC)ccc(F)c43)ncn2)c1. The van der Waals surface area contributed by atoms with Crippen LogP contribution in [0.1, 0.15) is 12.6 Å². The second-order valence-corrected chi connectivity index (χ2v) is 6.98. The zero-order chi connectivity index (χ0) is 22.5. The molecule has 0 aliphatic carbocycles. The predicted octanol–water partition coefficient (Wildman–Crippen LogP) is 4.63. The molecule has 0 fully saturated rings. The number of benzene rings is 2. The largest absolute Gasteiger partial charge is 0.496 e. The van der Waals surface area contributed by atoms with Gasteiger partial charge in [0, 0.05) is 30.1 Å². The molecule has 0 unspecified atom stereocenters. The Balaban J connectivity index is 1.54. The average Bonchev–Trinajstić information content (AvgIpc) is 3.19. The molecule has 0 aliphatic heterocycles. The number of nitriles is 1. The zero-order valence-corrected chi connectivity index (χ0v) is 17.8. The van der Waals surface area contributed by atoms with E-state index in [9.17, 15) is 9.65 Å². The van der Waals surface area contributed by atoms with Crippen molar-refractivity contribution in [1.29, 1.82) is 5.26 Å². The van der Waals surface area contributed by atoms with E-state index in [0.29, 0.717) is 47.9 Å². The third-order valence-corrected chi connectivity index (χ3v) is 5.05. The van der Waals surface area contributed by atoms with E-state index < -0.39 is 5.82 Å². The molecular weight excluding hydrogens is 409 g/mol. The fraction of sp³-hybridized carbons (Fsp3) is 0.208. The lowest BCUT2D eigenvalue weighted by atomic mass is 10.1. The highest BCUT2D eigenvalue weighted by atomic mass is 19.1. The van der Waals surface area contributed by atoms with Crippen LogP contribution in [0.15, 0.2) is 54.9 Å². The number of rotatable bonds is 8. The Morgan fingerprint density at radius 1 is 1.16 bits per heavy atom. The molecule has 4 rings (SSSR count). The Morgan fingerprint density at radius 3 is 2.81 bits per heavy atom. The van der Waals surface area contributed by atoms with Crippen molar-refractivity contribution in [3.8, 4) is 28.8 Å². The summed E-state index contributed by atoms with van der Waals surface area (Å²) in [7, 11) is 1.52. The Hall–Kier alpha value is -4.12. The summed E-state index contributed by atoms with van der Waals surface area (Å²) < 4.78 is 27.1. The van der Waals surface area contributed by atoms with E-state index in [0.717, 1.165) is 17.0 Å². The number of nitrogens with zero attached hydrogens (tertiary/aromatic N) is 4. The quantitative estimate of drug-likeness (QED) is 0.438. The molecule has 2 heterocycles. The second kappa shape index (κ2) is 9.35. The minimum atomic E-state index is -0.402. The van der Waals surface area contributed by atoms with Crippen LogP contribution in [-0.2, 0) is 6.54 Å². The molecule has 2 aromatic heterocycles. The van der Waals surface area contributed by atoms with Crippen molar-refractivity contribution in [2.75, 3.05) is 25.6 Å². The number of ether oxygens (including phenoxy) is 2. The number of nitrogens with one attached hydrogen (secondary N) is 1. The average molecular weight is 431 g/mol. The number of fused-ring (bicyclic) bond motifs is 1. The zero-order valence-electron chi connectivity index (χ0n) is 17.8. The molecule has 7 nitrogen and oxygen atoms in total. The predicted molar refractivity (Wildman–Crippen MR) is 120 cm³/mol. The first-order valence-electron chi connectivity index (χ1n) is 10.2. The molecule has 0 spiro atoms. The van der Waals surface area contributed by atoms with E-state index in [1.165, 1.54) is 19.5 Å². The molecule has 0 aliphatic rings. The van der Waals surface area contributed by atoms with Gasteiger partial charge < -0.3 is 19.4 Å². The van der Waals surface area contributed by atoms with Crippen molar-refractivity contribution in [2.45, 2.75) is 13.5 Å². The van der Waals surface area contributed by atoms with Crippen molar-refractivity contribution < 1.29 is 13.9 Å². The number of methoxy groups -OCH3 is 1. The third kappa shape index (κ3) is 4.18. The lowest BCUT2D eigenvalue weighted by Crippen LogP contribution is -2.13. The molecule has 0 bridgehead atoms. The van der Waals surface area contributed by atoms with Gasteiger partial charge in [-0.05, 0) is 37.3 Å². The van der Waals surface area contributed by atoms with Crippen molar-refractivity contribution in [3.63, 3.8) is 0 Å². The molecular formula is C24H22FN5O2. The number of halogens is 1. The fourth-order valence-corrected chi connectivity index (χ4v) is 3.63. The molecule has 0 radical (unpaired) electrons. The lowest BCUT2D eigenvalue weighted by Gasteiger charge is -2.11. The highest BCUT2D eigenvalue weighted by Gasteiger charge is 2.16. The van der Waals surface area contributed by atoms with E-state index in [-0.39, 0.29) is 0 Å². The van der Waals surface area contributed by atoms with Crippen LogP contribution in [0.3, 0.4) is 0 Å². The molecule has 2 aromatic carbocycles. The van der Waals surface area contributed by atoms with Crippen molar-refractivity contribution in [2.24, 2.45) is 0 Å². The topological polar surface area (TPSA) is 85.0 Å². The summed E-state index contributed by atoms with van der Waals surface area (Å²) in [6.07, 6.45) is 1.49. The first-order valence-corrected chi connectivity index (χ1v) is 10.2. The van der Waals surface area contributed by atoms with E-state index in [2.05, 4.69) is 21.4 Å². The molecule has 8 heteroatoms. The molecule has 162 valence electrons.